The molecule has 1 fully saturated rings. The topological polar surface area (TPSA) is 200 Å². The Morgan fingerprint density at radius 3 is 2.08 bits per heavy atom. The fourth-order valence-corrected chi connectivity index (χ4v) is 4.45. The fourth-order valence-electron chi connectivity index (χ4n) is 3.49. The molecule has 2 aromatic carbocycles. The van der Waals surface area contributed by atoms with Crippen LogP contribution in [0.15, 0.2) is 59.8 Å². The van der Waals surface area contributed by atoms with Gasteiger partial charge in [-0.15, -0.1) is 0 Å². The van der Waals surface area contributed by atoms with E-state index in [9.17, 15) is 33.4 Å². The normalized spacial score (nSPS) is 13.6. The van der Waals surface area contributed by atoms with E-state index in [4.69, 9.17) is 4.74 Å². The highest BCUT2D eigenvalue weighted by molar-refractivity contribution is 7.92. The smallest absolute Gasteiger partial charge is 0.300 e. The number of hydrogen-bond donors (Lipinski definition) is 2. The molecule has 0 radical (unpaired) electrons. The van der Waals surface area contributed by atoms with Crippen molar-refractivity contribution in [2.24, 2.45) is 0 Å². The number of rotatable bonds is 8. The molecule has 4 rings (SSSR count). The van der Waals surface area contributed by atoms with Gasteiger partial charge in [0.15, 0.2) is 5.69 Å². The van der Waals surface area contributed by atoms with Gasteiger partial charge in [0.2, 0.25) is 5.95 Å². The van der Waals surface area contributed by atoms with Crippen molar-refractivity contribution in [3.63, 3.8) is 0 Å². The van der Waals surface area contributed by atoms with Crippen molar-refractivity contribution < 1.29 is 27.8 Å². The minimum Gasteiger partial charge on any atom is -0.378 e. The van der Waals surface area contributed by atoms with Crippen LogP contribution in [0, 0.1) is 20.2 Å². The first kappa shape index (κ1) is 25.4. The van der Waals surface area contributed by atoms with Crippen LogP contribution < -0.4 is 10.0 Å². The molecule has 0 spiro atoms. The highest BCUT2D eigenvalue weighted by Crippen LogP contribution is 2.38. The van der Waals surface area contributed by atoms with Crippen LogP contribution in [0.3, 0.4) is 0 Å². The first-order valence-corrected chi connectivity index (χ1v) is 12.1. The summed E-state index contributed by atoms with van der Waals surface area (Å²) in [6.07, 6.45) is 2.72. The van der Waals surface area contributed by atoms with Crippen LogP contribution in [0.2, 0.25) is 0 Å². The number of benzene rings is 2. The number of nitrogens with zero attached hydrogens (tertiary/aromatic N) is 5. The molecular formula is C21H19N7O8S. The molecule has 0 atom stereocenters. The molecule has 1 saturated heterocycles. The molecular weight excluding hydrogens is 510 g/mol. The fraction of sp³-hybridized carbons (Fsp3) is 0.190. The molecule has 3 aromatic rings. The second kappa shape index (κ2) is 10.5. The van der Waals surface area contributed by atoms with Gasteiger partial charge < -0.3 is 15.0 Å². The number of amides is 1. The number of aromatic nitrogens is 2. The van der Waals surface area contributed by atoms with Gasteiger partial charge in [0.25, 0.3) is 15.9 Å². The van der Waals surface area contributed by atoms with Crippen molar-refractivity contribution in [3.05, 3.63) is 80.7 Å². The number of nitro benzene ring substituents is 2. The summed E-state index contributed by atoms with van der Waals surface area (Å²) in [7, 11) is -4.04. The van der Waals surface area contributed by atoms with Gasteiger partial charge in [-0.1, -0.05) is 0 Å². The van der Waals surface area contributed by atoms with Crippen LogP contribution in [-0.2, 0) is 14.8 Å². The van der Waals surface area contributed by atoms with Gasteiger partial charge in [-0.05, 0) is 30.3 Å². The van der Waals surface area contributed by atoms with E-state index in [0.717, 1.165) is 12.1 Å². The molecule has 0 aliphatic carbocycles. The zero-order valence-corrected chi connectivity index (χ0v) is 19.8. The average Bonchev–Trinajstić information content (AvgIpc) is 2.89. The van der Waals surface area contributed by atoms with Gasteiger partial charge in [0, 0.05) is 43.3 Å². The first-order valence-electron chi connectivity index (χ1n) is 10.7. The van der Waals surface area contributed by atoms with Crippen LogP contribution in [-0.4, -0.2) is 65.3 Å². The van der Waals surface area contributed by atoms with Gasteiger partial charge in [-0.3, -0.25) is 25.0 Å². The Hall–Kier alpha value is -4.70. The van der Waals surface area contributed by atoms with Crippen molar-refractivity contribution in [1.82, 2.24) is 14.9 Å². The van der Waals surface area contributed by atoms with Crippen LogP contribution in [0.4, 0.5) is 28.7 Å². The summed E-state index contributed by atoms with van der Waals surface area (Å²) in [5.41, 5.74) is -1.91. The number of ether oxygens (including phenoxy) is 1. The number of sulfonamides is 1. The molecule has 15 nitrogen and oxygen atoms in total. The lowest BCUT2D eigenvalue weighted by atomic mass is 10.1. The quantitative estimate of drug-likeness (QED) is 0.320. The predicted molar refractivity (Wildman–Crippen MR) is 129 cm³/mol. The molecule has 1 aliphatic rings. The Labute approximate surface area is 209 Å². The number of nitrogens with one attached hydrogen (secondary N) is 2. The van der Waals surface area contributed by atoms with Crippen molar-refractivity contribution in [3.8, 4) is 0 Å². The minimum atomic E-state index is -4.04. The zero-order valence-electron chi connectivity index (χ0n) is 18.9. The number of carbonyl (C=O) groups excluding carboxylic acids is 1. The van der Waals surface area contributed by atoms with Crippen LogP contribution >= 0.6 is 0 Å². The van der Waals surface area contributed by atoms with Crippen molar-refractivity contribution in [2.45, 2.75) is 4.90 Å². The molecule has 0 bridgehead atoms. The van der Waals surface area contributed by atoms with Crippen molar-refractivity contribution >= 4 is 44.6 Å². The monoisotopic (exact) mass is 529 g/mol. The third-order valence-electron chi connectivity index (χ3n) is 5.26. The molecule has 1 amide bonds. The number of morpholine rings is 1. The summed E-state index contributed by atoms with van der Waals surface area (Å²) in [5, 5.41) is 26.2. The molecule has 1 aromatic heterocycles. The molecule has 1 aliphatic heterocycles. The molecule has 192 valence electrons. The molecule has 0 unspecified atom stereocenters. The third-order valence-corrected chi connectivity index (χ3v) is 6.60. The summed E-state index contributed by atoms with van der Waals surface area (Å²) in [6, 6.07) is 8.40. The van der Waals surface area contributed by atoms with E-state index >= 15 is 0 Å². The van der Waals surface area contributed by atoms with Gasteiger partial charge in [-0.2, -0.15) is 0 Å². The molecule has 2 N–H and O–H groups in total. The predicted octanol–water partition coefficient (Wildman–Crippen LogP) is 2.31. The second-order valence-electron chi connectivity index (χ2n) is 7.64. The first-order chi connectivity index (χ1) is 17.7. The highest BCUT2D eigenvalue weighted by Gasteiger charge is 2.31. The van der Waals surface area contributed by atoms with E-state index in [1.54, 1.807) is 0 Å². The lowest BCUT2D eigenvalue weighted by molar-refractivity contribution is -0.392. The van der Waals surface area contributed by atoms with Gasteiger partial charge in [0.1, 0.15) is 0 Å². The van der Waals surface area contributed by atoms with Crippen LogP contribution in [0.5, 0.6) is 0 Å². The lowest BCUT2D eigenvalue weighted by Gasteiger charge is -2.26. The van der Waals surface area contributed by atoms with Crippen molar-refractivity contribution in [1.29, 1.82) is 0 Å². The van der Waals surface area contributed by atoms with Crippen LogP contribution in [0.1, 0.15) is 10.4 Å². The third kappa shape index (κ3) is 5.76. The summed E-state index contributed by atoms with van der Waals surface area (Å²) >= 11 is 0. The number of nitro groups is 2. The summed E-state index contributed by atoms with van der Waals surface area (Å²) in [5.74, 6) is -0.729. The number of carbonyl (C=O) groups is 1. The standard InChI is InChI=1S/C21H19N7O8S/c29-20(26-8-10-36-11-9-26)14-12-17(27(30)31)19(18(13-14)28(32)33)24-15-2-4-16(5-3-15)37(34,35)25-21-22-6-1-7-23-21/h1-7,12-13,24H,8-11H2,(H,22,23,25). The Morgan fingerprint density at radius 2 is 1.54 bits per heavy atom. The van der Waals surface area contributed by atoms with E-state index in [-0.39, 0.29) is 48.4 Å². The van der Waals surface area contributed by atoms with Gasteiger partial charge in [0.05, 0.1) is 33.5 Å². The lowest BCUT2D eigenvalue weighted by Crippen LogP contribution is -2.40. The molecule has 2 heterocycles. The van der Waals surface area contributed by atoms with E-state index in [2.05, 4.69) is 20.0 Å². The molecule has 37 heavy (non-hydrogen) atoms. The van der Waals surface area contributed by atoms with Crippen molar-refractivity contribution in [2.75, 3.05) is 36.3 Å². The maximum absolute atomic E-state index is 12.8. The molecule has 0 saturated carbocycles. The Bertz CT molecular complexity index is 1410. The maximum Gasteiger partial charge on any atom is 0.300 e. The minimum absolute atomic E-state index is 0.133. The summed E-state index contributed by atoms with van der Waals surface area (Å²) < 4.78 is 32.5. The SMILES string of the molecule is O=C(c1cc([N+](=O)[O-])c(Nc2ccc(S(=O)(=O)Nc3ncccn3)cc2)c([N+](=O)[O-])c1)N1CCOCC1. The van der Waals surface area contributed by atoms with Gasteiger partial charge in [-0.25, -0.2) is 23.1 Å². The second-order valence-corrected chi connectivity index (χ2v) is 9.32. The zero-order chi connectivity index (χ0) is 26.6. The van der Waals surface area contributed by atoms with E-state index < -0.39 is 42.8 Å². The Kier molecular flexibility index (Phi) is 7.21. The maximum atomic E-state index is 12.8. The Morgan fingerprint density at radius 1 is 0.973 bits per heavy atom. The molecule has 16 heteroatoms. The van der Waals surface area contributed by atoms with Crippen LogP contribution in [0.25, 0.3) is 0 Å². The van der Waals surface area contributed by atoms with E-state index in [1.165, 1.54) is 47.6 Å². The van der Waals surface area contributed by atoms with E-state index in [0.29, 0.717) is 0 Å². The van der Waals surface area contributed by atoms with E-state index in [1.807, 2.05) is 0 Å². The number of hydrogen-bond acceptors (Lipinski definition) is 11. The van der Waals surface area contributed by atoms with Gasteiger partial charge >= 0.3 is 11.4 Å². The highest BCUT2D eigenvalue weighted by atomic mass is 32.2. The summed E-state index contributed by atoms with van der Waals surface area (Å²) in [6.45, 7) is 1.08. The average molecular weight is 529 g/mol. The number of anilines is 3. The largest absolute Gasteiger partial charge is 0.378 e. The Balaban J connectivity index is 1.64. The summed E-state index contributed by atoms with van der Waals surface area (Å²) in [4.78, 5) is 43.5.